The van der Waals surface area contributed by atoms with Crippen molar-refractivity contribution in [2.75, 3.05) is 5.32 Å². The highest BCUT2D eigenvalue weighted by molar-refractivity contribution is 5.94. The van der Waals surface area contributed by atoms with E-state index in [1.165, 1.54) is 0 Å². The molecular formula is C15H20N2O3. The maximum Gasteiger partial charge on any atom is 0.307 e. The molecule has 5 heteroatoms. The van der Waals surface area contributed by atoms with E-state index < -0.39 is 17.8 Å². The number of amides is 1. The SMILES string of the molecule is Cc1cc(C)nc(NC(=O)C2CC(C)CC2C(=O)O)c1. The molecule has 5 nitrogen and oxygen atoms in total. The second kappa shape index (κ2) is 5.61. The summed E-state index contributed by atoms with van der Waals surface area (Å²) in [6.07, 6.45) is 1.18. The van der Waals surface area contributed by atoms with E-state index in [0.717, 1.165) is 11.3 Å². The summed E-state index contributed by atoms with van der Waals surface area (Å²) in [5.74, 6) is -1.42. The zero-order valence-electron chi connectivity index (χ0n) is 12.0. The third-order valence-electron chi connectivity index (χ3n) is 3.80. The summed E-state index contributed by atoms with van der Waals surface area (Å²) in [6.45, 7) is 5.78. The smallest absolute Gasteiger partial charge is 0.307 e. The highest BCUT2D eigenvalue weighted by Gasteiger charge is 2.41. The first-order valence-electron chi connectivity index (χ1n) is 6.85. The van der Waals surface area contributed by atoms with Gasteiger partial charge in [0.15, 0.2) is 0 Å². The van der Waals surface area contributed by atoms with Crippen LogP contribution in [0.4, 0.5) is 5.82 Å². The van der Waals surface area contributed by atoms with Gasteiger partial charge < -0.3 is 10.4 Å². The number of rotatable bonds is 3. The number of pyridine rings is 1. The van der Waals surface area contributed by atoms with Gasteiger partial charge in [-0.2, -0.15) is 0 Å². The molecule has 3 atom stereocenters. The Morgan fingerprint density at radius 3 is 2.50 bits per heavy atom. The molecule has 0 bridgehead atoms. The number of carbonyl (C=O) groups is 2. The van der Waals surface area contributed by atoms with Gasteiger partial charge in [-0.15, -0.1) is 0 Å². The predicted molar refractivity (Wildman–Crippen MR) is 75.4 cm³/mol. The molecule has 1 fully saturated rings. The molecule has 1 aliphatic carbocycles. The first-order chi connectivity index (χ1) is 9.36. The Hall–Kier alpha value is -1.91. The van der Waals surface area contributed by atoms with Gasteiger partial charge in [0.25, 0.3) is 0 Å². The monoisotopic (exact) mass is 276 g/mol. The first kappa shape index (κ1) is 14.5. The van der Waals surface area contributed by atoms with Gasteiger partial charge in [0.05, 0.1) is 11.8 Å². The molecule has 1 heterocycles. The van der Waals surface area contributed by atoms with Crippen LogP contribution in [0.2, 0.25) is 0 Å². The lowest BCUT2D eigenvalue weighted by molar-refractivity contribution is -0.145. The standard InChI is InChI=1S/C15H20N2O3/c1-8-4-10(3)16-13(7-8)17-14(18)11-5-9(2)6-12(11)15(19)20/h4,7,9,11-12H,5-6H2,1-3H3,(H,19,20)(H,16,17,18). The number of aliphatic carboxylic acids is 1. The zero-order chi connectivity index (χ0) is 14.9. The van der Waals surface area contributed by atoms with E-state index in [2.05, 4.69) is 10.3 Å². The van der Waals surface area contributed by atoms with Crippen LogP contribution >= 0.6 is 0 Å². The minimum atomic E-state index is -0.886. The Balaban J connectivity index is 2.13. The van der Waals surface area contributed by atoms with Crippen molar-refractivity contribution in [1.29, 1.82) is 0 Å². The summed E-state index contributed by atoms with van der Waals surface area (Å²) < 4.78 is 0. The summed E-state index contributed by atoms with van der Waals surface area (Å²) in [7, 11) is 0. The number of anilines is 1. The molecule has 1 amide bonds. The third-order valence-corrected chi connectivity index (χ3v) is 3.80. The van der Waals surface area contributed by atoms with Crippen LogP contribution in [0, 0.1) is 31.6 Å². The molecule has 0 aromatic carbocycles. The van der Waals surface area contributed by atoms with Crippen molar-refractivity contribution in [1.82, 2.24) is 4.98 Å². The fraction of sp³-hybridized carbons (Fsp3) is 0.533. The van der Waals surface area contributed by atoms with E-state index in [-0.39, 0.29) is 11.8 Å². The highest BCUT2D eigenvalue weighted by atomic mass is 16.4. The molecular weight excluding hydrogens is 256 g/mol. The van der Waals surface area contributed by atoms with Gasteiger partial charge in [-0.05, 0) is 50.3 Å². The van der Waals surface area contributed by atoms with Crippen LogP contribution in [0.1, 0.15) is 31.0 Å². The molecule has 20 heavy (non-hydrogen) atoms. The van der Waals surface area contributed by atoms with Gasteiger partial charge in [-0.1, -0.05) is 6.92 Å². The number of hydrogen-bond donors (Lipinski definition) is 2. The van der Waals surface area contributed by atoms with E-state index in [4.69, 9.17) is 0 Å². The molecule has 2 rings (SSSR count). The molecule has 1 aromatic rings. The average molecular weight is 276 g/mol. The van der Waals surface area contributed by atoms with Gasteiger partial charge >= 0.3 is 5.97 Å². The lowest BCUT2D eigenvalue weighted by Gasteiger charge is -2.15. The van der Waals surface area contributed by atoms with Gasteiger partial charge in [0, 0.05) is 5.69 Å². The van der Waals surface area contributed by atoms with Gasteiger partial charge in [0.2, 0.25) is 5.91 Å². The van der Waals surface area contributed by atoms with Crippen LogP contribution in [0.25, 0.3) is 0 Å². The lowest BCUT2D eigenvalue weighted by atomic mass is 9.95. The number of carboxylic acids is 1. The molecule has 3 unspecified atom stereocenters. The number of hydrogen-bond acceptors (Lipinski definition) is 3. The van der Waals surface area contributed by atoms with E-state index in [9.17, 15) is 14.7 Å². The molecule has 108 valence electrons. The summed E-state index contributed by atoms with van der Waals surface area (Å²) in [6, 6.07) is 3.71. The molecule has 0 saturated heterocycles. The third kappa shape index (κ3) is 3.15. The van der Waals surface area contributed by atoms with E-state index >= 15 is 0 Å². The Morgan fingerprint density at radius 1 is 1.25 bits per heavy atom. The number of carboxylic acid groups (broad SMARTS) is 1. The lowest BCUT2D eigenvalue weighted by Crippen LogP contribution is -2.30. The summed E-state index contributed by atoms with van der Waals surface area (Å²) in [5, 5.41) is 12.0. The van der Waals surface area contributed by atoms with Gasteiger partial charge in [-0.3, -0.25) is 9.59 Å². The topological polar surface area (TPSA) is 79.3 Å². The Bertz CT molecular complexity index is 522. The number of nitrogens with one attached hydrogen (secondary N) is 1. The summed E-state index contributed by atoms with van der Waals surface area (Å²) >= 11 is 0. The fourth-order valence-electron chi connectivity index (χ4n) is 2.98. The van der Waals surface area contributed by atoms with Crippen LogP contribution in [0.15, 0.2) is 12.1 Å². The first-order valence-corrected chi connectivity index (χ1v) is 6.85. The maximum absolute atomic E-state index is 12.3. The Morgan fingerprint density at radius 2 is 1.90 bits per heavy atom. The van der Waals surface area contributed by atoms with E-state index in [1.807, 2.05) is 26.8 Å². The van der Waals surface area contributed by atoms with Crippen molar-refractivity contribution in [2.24, 2.45) is 17.8 Å². The normalized spacial score (nSPS) is 25.4. The molecule has 0 spiro atoms. The van der Waals surface area contributed by atoms with Crippen LogP contribution in [0.5, 0.6) is 0 Å². The van der Waals surface area contributed by atoms with Crippen molar-refractivity contribution in [3.05, 3.63) is 23.4 Å². The Kier molecular flexibility index (Phi) is 4.06. The van der Waals surface area contributed by atoms with Crippen LogP contribution < -0.4 is 5.32 Å². The zero-order valence-corrected chi connectivity index (χ0v) is 12.0. The molecule has 0 radical (unpaired) electrons. The summed E-state index contributed by atoms with van der Waals surface area (Å²) in [4.78, 5) is 27.8. The van der Waals surface area contributed by atoms with Crippen molar-refractivity contribution >= 4 is 17.7 Å². The maximum atomic E-state index is 12.3. The molecule has 1 aromatic heterocycles. The quantitative estimate of drug-likeness (QED) is 0.888. The van der Waals surface area contributed by atoms with Crippen molar-refractivity contribution in [3.63, 3.8) is 0 Å². The predicted octanol–water partition coefficient (Wildman–Crippen LogP) is 2.38. The van der Waals surface area contributed by atoms with Crippen molar-refractivity contribution in [2.45, 2.75) is 33.6 Å². The Labute approximate surface area is 118 Å². The van der Waals surface area contributed by atoms with E-state index in [1.54, 1.807) is 6.07 Å². The minimum Gasteiger partial charge on any atom is -0.481 e. The minimum absolute atomic E-state index is 0.237. The van der Waals surface area contributed by atoms with E-state index in [0.29, 0.717) is 18.7 Å². The number of nitrogens with zero attached hydrogens (tertiary/aromatic N) is 1. The number of aromatic nitrogens is 1. The largest absolute Gasteiger partial charge is 0.481 e. The number of carbonyl (C=O) groups excluding carboxylic acids is 1. The molecule has 1 saturated carbocycles. The molecule has 1 aliphatic rings. The van der Waals surface area contributed by atoms with Crippen molar-refractivity contribution < 1.29 is 14.7 Å². The van der Waals surface area contributed by atoms with Crippen molar-refractivity contribution in [3.8, 4) is 0 Å². The highest BCUT2D eigenvalue weighted by Crippen LogP contribution is 2.37. The van der Waals surface area contributed by atoms with Crippen LogP contribution in [-0.4, -0.2) is 22.0 Å². The second-order valence-corrected chi connectivity index (χ2v) is 5.79. The van der Waals surface area contributed by atoms with Crippen LogP contribution in [-0.2, 0) is 9.59 Å². The second-order valence-electron chi connectivity index (χ2n) is 5.79. The summed E-state index contributed by atoms with van der Waals surface area (Å²) in [5.41, 5.74) is 1.84. The molecule has 0 aliphatic heterocycles. The average Bonchev–Trinajstić information content (AvgIpc) is 2.70. The van der Waals surface area contributed by atoms with Gasteiger partial charge in [0.1, 0.15) is 5.82 Å². The van der Waals surface area contributed by atoms with Gasteiger partial charge in [-0.25, -0.2) is 4.98 Å². The number of aryl methyl sites for hydroxylation is 2. The molecule has 2 N–H and O–H groups in total. The fourth-order valence-corrected chi connectivity index (χ4v) is 2.98. The van der Waals surface area contributed by atoms with Crippen LogP contribution in [0.3, 0.4) is 0 Å².